The number of H-pyrrole nitrogens is 1. The highest BCUT2D eigenvalue weighted by Gasteiger charge is 2.12. The van der Waals surface area contributed by atoms with Gasteiger partial charge in [0.15, 0.2) is 5.65 Å². The Morgan fingerprint density at radius 3 is 3.06 bits per heavy atom. The first-order valence-electron chi connectivity index (χ1n) is 5.79. The minimum absolute atomic E-state index is 0.455. The molecule has 18 heavy (non-hydrogen) atoms. The lowest BCUT2D eigenvalue weighted by Gasteiger charge is -2.17. The molecule has 0 fully saturated rings. The van der Waals surface area contributed by atoms with Crippen LogP contribution in [-0.4, -0.2) is 40.3 Å². The number of hydrogen-bond donors (Lipinski definition) is 2. The van der Waals surface area contributed by atoms with Gasteiger partial charge in [-0.25, -0.2) is 0 Å². The first-order valence-corrected chi connectivity index (χ1v) is 5.79. The molecule has 2 rings (SSSR count). The molecular weight excluding hydrogens is 230 g/mol. The fraction of sp³-hybridized carbons (Fsp3) is 0.455. The lowest BCUT2D eigenvalue weighted by atomic mass is 10.3. The molecule has 0 aliphatic rings. The highest BCUT2D eigenvalue weighted by Crippen LogP contribution is 2.22. The average molecular weight is 245 g/mol. The second-order valence-corrected chi connectivity index (χ2v) is 3.86. The fourth-order valence-corrected chi connectivity index (χ4v) is 1.67. The second-order valence-electron chi connectivity index (χ2n) is 3.86. The molecule has 0 bridgehead atoms. The van der Waals surface area contributed by atoms with Crippen molar-refractivity contribution in [1.82, 2.24) is 20.2 Å². The SMILES string of the molecule is CCNc1nc(N(C)CCC#N)c2cn[nH]c2n1. The predicted octanol–water partition coefficient (Wildman–Crippen LogP) is 1.13. The zero-order valence-electron chi connectivity index (χ0n) is 10.4. The van der Waals surface area contributed by atoms with Gasteiger partial charge in [0.1, 0.15) is 5.82 Å². The summed E-state index contributed by atoms with van der Waals surface area (Å²) in [7, 11) is 1.90. The van der Waals surface area contributed by atoms with Crippen LogP contribution in [0, 0.1) is 11.3 Å². The summed E-state index contributed by atoms with van der Waals surface area (Å²) in [6.45, 7) is 3.36. The second kappa shape index (κ2) is 5.31. The van der Waals surface area contributed by atoms with Crippen LogP contribution in [0.4, 0.5) is 11.8 Å². The summed E-state index contributed by atoms with van der Waals surface area (Å²) < 4.78 is 0. The minimum Gasteiger partial charge on any atom is -0.358 e. The van der Waals surface area contributed by atoms with E-state index in [1.54, 1.807) is 6.20 Å². The smallest absolute Gasteiger partial charge is 0.226 e. The molecule has 0 amide bonds. The molecule has 0 aliphatic heterocycles. The number of rotatable bonds is 5. The van der Waals surface area contributed by atoms with Crippen molar-refractivity contribution < 1.29 is 0 Å². The summed E-state index contributed by atoms with van der Waals surface area (Å²) in [6, 6.07) is 2.13. The number of fused-ring (bicyclic) bond motifs is 1. The highest BCUT2D eigenvalue weighted by molar-refractivity contribution is 5.87. The van der Waals surface area contributed by atoms with Gasteiger partial charge < -0.3 is 10.2 Å². The Morgan fingerprint density at radius 2 is 2.33 bits per heavy atom. The Balaban J connectivity index is 2.40. The van der Waals surface area contributed by atoms with Crippen LogP contribution in [0.15, 0.2) is 6.20 Å². The molecule has 2 N–H and O–H groups in total. The Labute approximate surface area is 105 Å². The van der Waals surface area contributed by atoms with Gasteiger partial charge in [-0.2, -0.15) is 20.3 Å². The molecule has 7 heteroatoms. The molecule has 0 radical (unpaired) electrons. The normalized spacial score (nSPS) is 10.3. The molecule has 2 heterocycles. The van der Waals surface area contributed by atoms with Crippen molar-refractivity contribution in [2.45, 2.75) is 13.3 Å². The van der Waals surface area contributed by atoms with Crippen molar-refractivity contribution in [3.8, 4) is 6.07 Å². The van der Waals surface area contributed by atoms with Crippen molar-refractivity contribution in [1.29, 1.82) is 5.26 Å². The Hall–Kier alpha value is -2.36. The fourth-order valence-electron chi connectivity index (χ4n) is 1.67. The maximum absolute atomic E-state index is 8.63. The monoisotopic (exact) mass is 245 g/mol. The average Bonchev–Trinajstić information content (AvgIpc) is 2.83. The van der Waals surface area contributed by atoms with Crippen molar-refractivity contribution in [3.63, 3.8) is 0 Å². The van der Waals surface area contributed by atoms with Gasteiger partial charge in [0.2, 0.25) is 5.95 Å². The number of nitriles is 1. The molecule has 0 spiro atoms. The van der Waals surface area contributed by atoms with Crippen LogP contribution in [0.5, 0.6) is 0 Å². The standard InChI is InChI=1S/C11H15N7/c1-3-13-11-15-9-8(7-14-17-9)10(16-11)18(2)6-4-5-12/h7H,3-4,6H2,1-2H3,(H2,13,14,15,16,17). The number of nitrogens with one attached hydrogen (secondary N) is 2. The summed E-state index contributed by atoms with van der Waals surface area (Å²) in [5.41, 5.74) is 0.694. The van der Waals surface area contributed by atoms with Gasteiger partial charge in [-0.05, 0) is 6.92 Å². The van der Waals surface area contributed by atoms with Crippen molar-refractivity contribution >= 4 is 22.8 Å². The summed E-state index contributed by atoms with van der Waals surface area (Å²) in [5, 5.41) is 19.4. The molecule has 7 nitrogen and oxygen atoms in total. The summed E-state index contributed by atoms with van der Waals surface area (Å²) in [5.74, 6) is 1.34. The molecule has 2 aromatic rings. The molecule has 0 aromatic carbocycles. The maximum atomic E-state index is 8.63. The minimum atomic E-state index is 0.455. The van der Waals surface area contributed by atoms with E-state index in [4.69, 9.17) is 5.26 Å². The number of aromatic nitrogens is 4. The quantitative estimate of drug-likeness (QED) is 0.820. The lowest BCUT2D eigenvalue weighted by Crippen LogP contribution is -2.20. The maximum Gasteiger partial charge on any atom is 0.226 e. The van der Waals surface area contributed by atoms with Crippen LogP contribution >= 0.6 is 0 Å². The zero-order chi connectivity index (χ0) is 13.0. The molecular formula is C11H15N7. The highest BCUT2D eigenvalue weighted by atomic mass is 15.2. The zero-order valence-corrected chi connectivity index (χ0v) is 10.4. The molecule has 94 valence electrons. The van der Waals surface area contributed by atoms with Crippen LogP contribution in [0.25, 0.3) is 11.0 Å². The van der Waals surface area contributed by atoms with Crippen LogP contribution < -0.4 is 10.2 Å². The van der Waals surface area contributed by atoms with Gasteiger partial charge in [-0.15, -0.1) is 0 Å². The topological polar surface area (TPSA) is 93.5 Å². The van der Waals surface area contributed by atoms with E-state index in [9.17, 15) is 0 Å². The van der Waals surface area contributed by atoms with E-state index in [0.717, 1.165) is 17.7 Å². The van der Waals surface area contributed by atoms with Crippen LogP contribution in [0.3, 0.4) is 0 Å². The summed E-state index contributed by atoms with van der Waals surface area (Å²) in [6.07, 6.45) is 2.15. The molecule has 0 unspecified atom stereocenters. The Kier molecular flexibility index (Phi) is 3.57. The van der Waals surface area contributed by atoms with Gasteiger partial charge in [0.05, 0.1) is 24.1 Å². The molecule has 0 atom stereocenters. The number of anilines is 2. The molecule has 2 aromatic heterocycles. The van der Waals surface area contributed by atoms with E-state index in [2.05, 4.69) is 31.6 Å². The summed E-state index contributed by atoms with van der Waals surface area (Å²) in [4.78, 5) is 10.7. The number of aromatic amines is 1. The first kappa shape index (κ1) is 12.1. The van der Waals surface area contributed by atoms with Crippen LogP contribution in [-0.2, 0) is 0 Å². The van der Waals surface area contributed by atoms with E-state index >= 15 is 0 Å². The third-order valence-corrected chi connectivity index (χ3v) is 2.55. The Morgan fingerprint density at radius 1 is 1.50 bits per heavy atom. The molecule has 0 saturated heterocycles. The van der Waals surface area contributed by atoms with Crippen molar-refractivity contribution in [3.05, 3.63) is 6.20 Å². The number of hydrogen-bond acceptors (Lipinski definition) is 6. The van der Waals surface area contributed by atoms with E-state index in [1.807, 2.05) is 18.9 Å². The molecule has 0 saturated carbocycles. The van der Waals surface area contributed by atoms with Gasteiger partial charge in [0, 0.05) is 20.1 Å². The van der Waals surface area contributed by atoms with Gasteiger partial charge in [-0.1, -0.05) is 0 Å². The first-order chi connectivity index (χ1) is 8.76. The van der Waals surface area contributed by atoms with Gasteiger partial charge >= 0.3 is 0 Å². The lowest BCUT2D eigenvalue weighted by molar-refractivity contribution is 0.886. The number of nitrogens with zero attached hydrogens (tertiary/aromatic N) is 5. The van der Waals surface area contributed by atoms with Crippen molar-refractivity contribution in [2.24, 2.45) is 0 Å². The largest absolute Gasteiger partial charge is 0.358 e. The van der Waals surface area contributed by atoms with E-state index in [1.165, 1.54) is 0 Å². The van der Waals surface area contributed by atoms with Crippen molar-refractivity contribution in [2.75, 3.05) is 30.4 Å². The predicted molar refractivity (Wildman–Crippen MR) is 69.3 cm³/mol. The van der Waals surface area contributed by atoms with Crippen LogP contribution in [0.2, 0.25) is 0 Å². The van der Waals surface area contributed by atoms with Crippen LogP contribution in [0.1, 0.15) is 13.3 Å². The molecule has 0 aliphatic carbocycles. The van der Waals surface area contributed by atoms with Gasteiger partial charge in [-0.3, -0.25) is 5.10 Å². The third kappa shape index (κ3) is 2.32. The Bertz CT molecular complexity index is 568. The third-order valence-electron chi connectivity index (χ3n) is 2.55. The van der Waals surface area contributed by atoms with E-state index < -0.39 is 0 Å². The van der Waals surface area contributed by atoms with E-state index in [-0.39, 0.29) is 0 Å². The summed E-state index contributed by atoms with van der Waals surface area (Å²) >= 11 is 0. The van der Waals surface area contributed by atoms with E-state index in [0.29, 0.717) is 24.6 Å². The van der Waals surface area contributed by atoms with Gasteiger partial charge in [0.25, 0.3) is 0 Å².